The number of anilines is 1. The number of hydrogen-bond donors (Lipinski definition) is 0. The molecular formula is C16H22N4OS. The van der Waals surface area contributed by atoms with Gasteiger partial charge in [-0.15, -0.1) is 11.3 Å². The summed E-state index contributed by atoms with van der Waals surface area (Å²) in [6.07, 6.45) is 2.28. The van der Waals surface area contributed by atoms with Crippen LogP contribution in [0.2, 0.25) is 0 Å². The molecule has 3 rings (SSSR count). The van der Waals surface area contributed by atoms with Crippen LogP contribution in [0.3, 0.4) is 0 Å². The Balaban J connectivity index is 1.72. The highest BCUT2D eigenvalue weighted by Crippen LogP contribution is 2.30. The van der Waals surface area contributed by atoms with Gasteiger partial charge in [-0.3, -0.25) is 4.79 Å². The molecule has 0 aliphatic carbocycles. The van der Waals surface area contributed by atoms with Crippen LogP contribution in [-0.2, 0) is 4.79 Å². The molecule has 118 valence electrons. The largest absolute Gasteiger partial charge is 0.352 e. The van der Waals surface area contributed by atoms with E-state index in [2.05, 4.69) is 41.7 Å². The van der Waals surface area contributed by atoms with Crippen LogP contribution >= 0.6 is 11.3 Å². The molecule has 5 nitrogen and oxygen atoms in total. The van der Waals surface area contributed by atoms with Gasteiger partial charge in [0.15, 0.2) is 0 Å². The van der Waals surface area contributed by atoms with Gasteiger partial charge in [0, 0.05) is 37.5 Å². The predicted molar refractivity (Wildman–Crippen MR) is 90.4 cm³/mol. The summed E-state index contributed by atoms with van der Waals surface area (Å²) in [5, 5.41) is 1.13. The number of amides is 1. The number of carbonyl (C=O) groups excluding carboxylic acids is 1. The van der Waals surface area contributed by atoms with Crippen LogP contribution in [0.4, 0.5) is 5.82 Å². The van der Waals surface area contributed by atoms with E-state index in [1.165, 1.54) is 4.88 Å². The van der Waals surface area contributed by atoms with E-state index in [1.54, 1.807) is 17.7 Å². The van der Waals surface area contributed by atoms with Gasteiger partial charge in [-0.25, -0.2) is 9.97 Å². The molecule has 0 saturated carbocycles. The Labute approximate surface area is 135 Å². The molecule has 1 amide bonds. The minimum Gasteiger partial charge on any atom is -0.352 e. The van der Waals surface area contributed by atoms with Crippen molar-refractivity contribution in [3.8, 4) is 0 Å². The third-order valence-corrected chi connectivity index (χ3v) is 4.90. The summed E-state index contributed by atoms with van der Waals surface area (Å²) < 4.78 is 0. The first kappa shape index (κ1) is 15.2. The highest BCUT2D eigenvalue weighted by molar-refractivity contribution is 7.18. The minimum absolute atomic E-state index is 0.272. The summed E-state index contributed by atoms with van der Waals surface area (Å²) in [6.45, 7) is 9.50. The number of nitrogens with zero attached hydrogens (tertiary/aromatic N) is 4. The van der Waals surface area contributed by atoms with Crippen molar-refractivity contribution in [3.63, 3.8) is 0 Å². The number of aryl methyl sites for hydroxylation is 1. The molecule has 0 N–H and O–H groups in total. The average Bonchev–Trinajstić information content (AvgIpc) is 2.86. The summed E-state index contributed by atoms with van der Waals surface area (Å²) in [4.78, 5) is 27.5. The first-order valence-electron chi connectivity index (χ1n) is 7.78. The van der Waals surface area contributed by atoms with E-state index in [0.717, 1.165) is 42.2 Å². The maximum atomic E-state index is 12.2. The van der Waals surface area contributed by atoms with Gasteiger partial charge in [0.25, 0.3) is 0 Å². The maximum Gasteiger partial charge on any atom is 0.222 e. The quantitative estimate of drug-likeness (QED) is 0.873. The van der Waals surface area contributed by atoms with Crippen molar-refractivity contribution >= 4 is 33.3 Å². The summed E-state index contributed by atoms with van der Waals surface area (Å²) in [5.41, 5.74) is 0. The fourth-order valence-corrected chi connectivity index (χ4v) is 3.70. The third kappa shape index (κ3) is 3.06. The third-order valence-electron chi connectivity index (χ3n) is 3.95. The molecule has 2 aromatic rings. The van der Waals surface area contributed by atoms with E-state index in [0.29, 0.717) is 12.3 Å². The van der Waals surface area contributed by atoms with Crippen molar-refractivity contribution in [3.05, 3.63) is 17.3 Å². The number of hydrogen-bond acceptors (Lipinski definition) is 5. The fraction of sp³-hybridized carbons (Fsp3) is 0.562. The Bertz CT molecular complexity index is 674. The minimum atomic E-state index is 0.272. The Kier molecular flexibility index (Phi) is 4.29. The molecule has 1 aliphatic rings. The van der Waals surface area contributed by atoms with Gasteiger partial charge >= 0.3 is 0 Å². The molecule has 0 bridgehead atoms. The second-order valence-corrected chi connectivity index (χ2v) is 7.47. The standard InChI is InChI=1S/C16H22N4OS/c1-11(2)8-14(21)19-4-6-20(7-5-19)15-13-9-12(3)22-16(13)18-10-17-15/h9-11H,4-8H2,1-3H3. The number of fused-ring (bicyclic) bond motifs is 1. The molecule has 0 spiro atoms. The molecule has 1 aliphatic heterocycles. The van der Waals surface area contributed by atoms with Crippen LogP contribution in [0.1, 0.15) is 25.1 Å². The zero-order valence-corrected chi connectivity index (χ0v) is 14.2. The Morgan fingerprint density at radius 1 is 1.27 bits per heavy atom. The molecule has 1 saturated heterocycles. The van der Waals surface area contributed by atoms with Crippen molar-refractivity contribution < 1.29 is 4.79 Å². The first-order chi connectivity index (χ1) is 10.5. The summed E-state index contributed by atoms with van der Waals surface area (Å²) in [5.74, 6) is 1.69. The summed E-state index contributed by atoms with van der Waals surface area (Å²) in [6, 6.07) is 2.16. The van der Waals surface area contributed by atoms with Gasteiger partial charge in [-0.1, -0.05) is 13.8 Å². The Morgan fingerprint density at radius 2 is 2.00 bits per heavy atom. The first-order valence-corrected chi connectivity index (χ1v) is 8.60. The van der Waals surface area contributed by atoms with Crippen LogP contribution in [-0.4, -0.2) is 47.0 Å². The average molecular weight is 318 g/mol. The van der Waals surface area contributed by atoms with E-state index in [9.17, 15) is 4.79 Å². The van der Waals surface area contributed by atoms with E-state index >= 15 is 0 Å². The van der Waals surface area contributed by atoms with Crippen LogP contribution < -0.4 is 4.90 Å². The van der Waals surface area contributed by atoms with Crippen molar-refractivity contribution in [1.82, 2.24) is 14.9 Å². The summed E-state index contributed by atoms with van der Waals surface area (Å²) >= 11 is 1.70. The van der Waals surface area contributed by atoms with Crippen LogP contribution in [0, 0.1) is 12.8 Å². The zero-order valence-electron chi connectivity index (χ0n) is 13.4. The molecule has 1 fully saturated rings. The van der Waals surface area contributed by atoms with Crippen LogP contribution in [0.15, 0.2) is 12.4 Å². The monoisotopic (exact) mass is 318 g/mol. The fourth-order valence-electron chi connectivity index (χ4n) is 2.86. The van der Waals surface area contributed by atoms with Crippen molar-refractivity contribution in [1.29, 1.82) is 0 Å². The SMILES string of the molecule is Cc1cc2c(N3CCN(C(=O)CC(C)C)CC3)ncnc2s1. The van der Waals surface area contributed by atoms with Crippen molar-refractivity contribution in [2.75, 3.05) is 31.1 Å². The van der Waals surface area contributed by atoms with Gasteiger partial charge in [0.1, 0.15) is 17.0 Å². The van der Waals surface area contributed by atoms with E-state index in [-0.39, 0.29) is 5.91 Å². The molecule has 2 aromatic heterocycles. The molecule has 0 unspecified atom stereocenters. The summed E-state index contributed by atoms with van der Waals surface area (Å²) in [7, 11) is 0. The second kappa shape index (κ2) is 6.20. The maximum absolute atomic E-state index is 12.2. The van der Waals surface area contributed by atoms with E-state index < -0.39 is 0 Å². The van der Waals surface area contributed by atoms with Gasteiger partial charge in [-0.05, 0) is 18.9 Å². The molecule has 3 heterocycles. The van der Waals surface area contributed by atoms with Gasteiger partial charge in [0.05, 0.1) is 5.39 Å². The van der Waals surface area contributed by atoms with E-state index in [4.69, 9.17) is 0 Å². The molecule has 0 aromatic carbocycles. The highest BCUT2D eigenvalue weighted by Gasteiger charge is 2.23. The topological polar surface area (TPSA) is 49.3 Å². The molecule has 0 radical (unpaired) electrons. The number of piperazine rings is 1. The molecule has 22 heavy (non-hydrogen) atoms. The lowest BCUT2D eigenvalue weighted by Gasteiger charge is -2.36. The number of rotatable bonds is 3. The van der Waals surface area contributed by atoms with Gasteiger partial charge in [0.2, 0.25) is 5.91 Å². The Morgan fingerprint density at radius 3 is 2.68 bits per heavy atom. The second-order valence-electron chi connectivity index (χ2n) is 6.24. The smallest absolute Gasteiger partial charge is 0.222 e. The lowest BCUT2D eigenvalue weighted by atomic mass is 10.1. The number of carbonyl (C=O) groups is 1. The van der Waals surface area contributed by atoms with Gasteiger partial charge < -0.3 is 9.80 Å². The lowest BCUT2D eigenvalue weighted by molar-refractivity contribution is -0.132. The lowest BCUT2D eigenvalue weighted by Crippen LogP contribution is -2.49. The predicted octanol–water partition coefficient (Wildman–Crippen LogP) is 2.69. The molecular weight excluding hydrogens is 296 g/mol. The molecule has 0 atom stereocenters. The van der Waals surface area contributed by atoms with Crippen molar-refractivity contribution in [2.45, 2.75) is 27.2 Å². The van der Waals surface area contributed by atoms with Gasteiger partial charge in [-0.2, -0.15) is 0 Å². The zero-order chi connectivity index (χ0) is 15.7. The highest BCUT2D eigenvalue weighted by atomic mass is 32.1. The van der Waals surface area contributed by atoms with Crippen LogP contribution in [0.25, 0.3) is 10.2 Å². The Hall–Kier alpha value is -1.69. The number of thiophene rings is 1. The van der Waals surface area contributed by atoms with Crippen molar-refractivity contribution in [2.24, 2.45) is 5.92 Å². The normalized spacial score (nSPS) is 15.8. The number of aromatic nitrogens is 2. The van der Waals surface area contributed by atoms with Crippen LogP contribution in [0.5, 0.6) is 0 Å². The molecule has 6 heteroatoms. The van der Waals surface area contributed by atoms with E-state index in [1.807, 2.05) is 4.90 Å².